The lowest BCUT2D eigenvalue weighted by Gasteiger charge is -2.36. The summed E-state index contributed by atoms with van der Waals surface area (Å²) < 4.78 is 0. The molecular formula is C15H22O3. The average Bonchev–Trinajstić information content (AvgIpc) is 2.73. The Hall–Kier alpha value is -0.930. The number of allylic oxidation sites excluding steroid dienone is 4. The molecule has 0 amide bonds. The third-order valence-electron chi connectivity index (χ3n) is 4.94. The Morgan fingerprint density at radius 1 is 1.39 bits per heavy atom. The third kappa shape index (κ3) is 1.95. The number of carbonyl (C=O) groups excluding carboxylic acids is 1. The van der Waals surface area contributed by atoms with Crippen molar-refractivity contribution in [2.75, 3.05) is 6.61 Å². The minimum Gasteiger partial charge on any atom is -0.393 e. The zero-order chi connectivity index (χ0) is 13.6. The van der Waals surface area contributed by atoms with E-state index in [9.17, 15) is 15.0 Å². The first-order valence-electron chi connectivity index (χ1n) is 6.56. The van der Waals surface area contributed by atoms with Crippen molar-refractivity contribution in [2.24, 2.45) is 11.3 Å². The Bertz CT molecular complexity index is 407. The van der Waals surface area contributed by atoms with Crippen LogP contribution in [-0.4, -0.2) is 28.2 Å². The molecule has 100 valence electrons. The predicted molar refractivity (Wildman–Crippen MR) is 70.0 cm³/mol. The summed E-state index contributed by atoms with van der Waals surface area (Å²) in [5, 5.41) is 19.5. The fourth-order valence-corrected chi connectivity index (χ4v) is 3.48. The molecule has 1 fully saturated rings. The average molecular weight is 250 g/mol. The topological polar surface area (TPSA) is 57.5 Å². The number of aliphatic hydroxyl groups excluding tert-OH is 1. The van der Waals surface area contributed by atoms with Crippen molar-refractivity contribution in [3.05, 3.63) is 23.3 Å². The number of hydrogen-bond acceptors (Lipinski definition) is 3. The lowest BCUT2D eigenvalue weighted by atomic mass is 9.69. The summed E-state index contributed by atoms with van der Waals surface area (Å²) in [5.74, 6) is 0.149. The van der Waals surface area contributed by atoms with Crippen molar-refractivity contribution in [3.63, 3.8) is 0 Å². The van der Waals surface area contributed by atoms with Crippen LogP contribution in [0.25, 0.3) is 0 Å². The summed E-state index contributed by atoms with van der Waals surface area (Å²) in [6.45, 7) is 5.50. The summed E-state index contributed by atoms with van der Waals surface area (Å²) >= 11 is 0. The lowest BCUT2D eigenvalue weighted by Crippen LogP contribution is -2.38. The van der Waals surface area contributed by atoms with Gasteiger partial charge in [-0.1, -0.05) is 11.1 Å². The molecule has 0 radical (unpaired) electrons. The van der Waals surface area contributed by atoms with Crippen molar-refractivity contribution < 1.29 is 15.0 Å². The van der Waals surface area contributed by atoms with E-state index in [4.69, 9.17) is 0 Å². The van der Waals surface area contributed by atoms with Gasteiger partial charge in [0.25, 0.3) is 0 Å². The molecule has 1 saturated carbocycles. The molecule has 0 aromatic carbocycles. The smallest absolute Gasteiger partial charge is 0.178 e. The third-order valence-corrected chi connectivity index (χ3v) is 4.94. The van der Waals surface area contributed by atoms with E-state index in [0.717, 1.165) is 30.4 Å². The highest BCUT2D eigenvalue weighted by Crippen LogP contribution is 2.55. The molecule has 2 rings (SSSR count). The SMILES string of the molecule is CC1=CC(=O)C=C(C)C12CCC(C(C)(O)CO)C2. The highest BCUT2D eigenvalue weighted by molar-refractivity contribution is 6.01. The van der Waals surface area contributed by atoms with Crippen LogP contribution >= 0.6 is 0 Å². The first kappa shape index (κ1) is 13.5. The Balaban J connectivity index is 2.29. The zero-order valence-electron chi connectivity index (χ0n) is 11.4. The van der Waals surface area contributed by atoms with Gasteiger partial charge in [0.15, 0.2) is 5.78 Å². The second-order valence-electron chi connectivity index (χ2n) is 6.09. The first-order chi connectivity index (χ1) is 8.32. The van der Waals surface area contributed by atoms with Gasteiger partial charge in [-0.2, -0.15) is 0 Å². The fourth-order valence-electron chi connectivity index (χ4n) is 3.48. The monoisotopic (exact) mass is 250 g/mol. The standard InChI is InChI=1S/C15H22O3/c1-10-6-13(17)7-11(2)15(10)5-4-12(8-15)14(3,18)9-16/h6-7,12,16,18H,4-5,8-9H2,1-3H3. The Morgan fingerprint density at radius 2 is 1.94 bits per heavy atom. The Kier molecular flexibility index (Phi) is 3.24. The molecule has 2 unspecified atom stereocenters. The summed E-state index contributed by atoms with van der Waals surface area (Å²) in [6.07, 6.45) is 6.08. The van der Waals surface area contributed by atoms with Crippen LogP contribution in [0.4, 0.5) is 0 Å². The molecule has 0 aromatic rings. The second-order valence-corrected chi connectivity index (χ2v) is 6.09. The molecule has 2 N–H and O–H groups in total. The number of aliphatic hydroxyl groups is 2. The number of hydrogen-bond donors (Lipinski definition) is 2. The Morgan fingerprint density at radius 3 is 2.44 bits per heavy atom. The molecular weight excluding hydrogens is 228 g/mol. The zero-order valence-corrected chi connectivity index (χ0v) is 11.4. The van der Waals surface area contributed by atoms with Gasteiger partial charge in [0.05, 0.1) is 12.2 Å². The first-order valence-corrected chi connectivity index (χ1v) is 6.56. The van der Waals surface area contributed by atoms with Gasteiger partial charge in [-0.05, 0) is 58.1 Å². The van der Waals surface area contributed by atoms with Crippen molar-refractivity contribution in [3.8, 4) is 0 Å². The summed E-state index contributed by atoms with van der Waals surface area (Å²) in [5.41, 5.74) is 1.11. The van der Waals surface area contributed by atoms with Gasteiger partial charge in [-0.3, -0.25) is 4.79 Å². The minimum atomic E-state index is -1.02. The van der Waals surface area contributed by atoms with E-state index in [1.165, 1.54) is 0 Å². The molecule has 3 heteroatoms. The van der Waals surface area contributed by atoms with Crippen LogP contribution < -0.4 is 0 Å². The van der Waals surface area contributed by atoms with Crippen LogP contribution in [0.5, 0.6) is 0 Å². The number of ketones is 1. The summed E-state index contributed by atoms with van der Waals surface area (Å²) in [6, 6.07) is 0. The van der Waals surface area contributed by atoms with Crippen LogP contribution in [0, 0.1) is 11.3 Å². The molecule has 1 spiro atoms. The van der Waals surface area contributed by atoms with E-state index in [-0.39, 0.29) is 23.7 Å². The van der Waals surface area contributed by atoms with Gasteiger partial charge in [-0.25, -0.2) is 0 Å². The maximum atomic E-state index is 11.5. The molecule has 3 nitrogen and oxygen atoms in total. The van der Waals surface area contributed by atoms with Crippen molar-refractivity contribution >= 4 is 5.78 Å². The van der Waals surface area contributed by atoms with Crippen molar-refractivity contribution in [1.29, 1.82) is 0 Å². The van der Waals surface area contributed by atoms with E-state index in [2.05, 4.69) is 0 Å². The van der Waals surface area contributed by atoms with Crippen molar-refractivity contribution in [2.45, 2.75) is 45.6 Å². The molecule has 2 atom stereocenters. The van der Waals surface area contributed by atoms with Crippen LogP contribution in [-0.2, 0) is 4.79 Å². The van der Waals surface area contributed by atoms with Gasteiger partial charge >= 0.3 is 0 Å². The molecule has 18 heavy (non-hydrogen) atoms. The second kappa shape index (κ2) is 4.32. The predicted octanol–water partition coefficient (Wildman–Crippen LogP) is 1.99. The van der Waals surface area contributed by atoms with Gasteiger partial charge in [0.2, 0.25) is 0 Å². The molecule has 2 aliphatic rings. The van der Waals surface area contributed by atoms with E-state index < -0.39 is 5.60 Å². The fraction of sp³-hybridized carbons (Fsp3) is 0.667. The summed E-state index contributed by atoms with van der Waals surface area (Å²) in [7, 11) is 0. The minimum absolute atomic E-state index is 0.0630. The van der Waals surface area contributed by atoms with Gasteiger partial charge in [0, 0.05) is 5.41 Å². The molecule has 0 aromatic heterocycles. The molecule has 0 saturated heterocycles. The molecule has 2 aliphatic carbocycles. The normalized spacial score (nSPS) is 30.1. The Labute approximate surface area is 108 Å². The van der Waals surface area contributed by atoms with Crippen LogP contribution in [0.15, 0.2) is 23.3 Å². The van der Waals surface area contributed by atoms with Crippen LogP contribution in [0.2, 0.25) is 0 Å². The molecule has 0 aliphatic heterocycles. The van der Waals surface area contributed by atoms with Gasteiger partial charge in [-0.15, -0.1) is 0 Å². The highest BCUT2D eigenvalue weighted by atomic mass is 16.3. The maximum Gasteiger partial charge on any atom is 0.178 e. The largest absolute Gasteiger partial charge is 0.393 e. The highest BCUT2D eigenvalue weighted by Gasteiger charge is 2.48. The van der Waals surface area contributed by atoms with Crippen LogP contribution in [0.1, 0.15) is 40.0 Å². The summed E-state index contributed by atoms with van der Waals surface area (Å²) in [4.78, 5) is 11.5. The van der Waals surface area contributed by atoms with Crippen LogP contribution in [0.3, 0.4) is 0 Å². The molecule has 0 bridgehead atoms. The van der Waals surface area contributed by atoms with E-state index in [1.54, 1.807) is 19.1 Å². The number of rotatable bonds is 2. The van der Waals surface area contributed by atoms with E-state index in [0.29, 0.717) is 0 Å². The quantitative estimate of drug-likeness (QED) is 0.788. The molecule has 0 heterocycles. The van der Waals surface area contributed by atoms with Crippen molar-refractivity contribution in [1.82, 2.24) is 0 Å². The van der Waals surface area contributed by atoms with E-state index >= 15 is 0 Å². The maximum absolute atomic E-state index is 11.5. The lowest BCUT2D eigenvalue weighted by molar-refractivity contribution is -0.110. The van der Waals surface area contributed by atoms with E-state index in [1.807, 2.05) is 13.8 Å². The van der Waals surface area contributed by atoms with Gasteiger partial charge in [0.1, 0.15) is 0 Å². The number of carbonyl (C=O) groups is 1. The van der Waals surface area contributed by atoms with Gasteiger partial charge < -0.3 is 10.2 Å².